The van der Waals surface area contributed by atoms with Gasteiger partial charge in [0, 0.05) is 5.56 Å². The molecular weight excluding hydrogens is 289 g/mol. The molecule has 3 heterocycles. The summed E-state index contributed by atoms with van der Waals surface area (Å²) in [4.78, 5) is 12.1. The van der Waals surface area contributed by atoms with Crippen LogP contribution in [0.5, 0.6) is 0 Å². The number of halogens is 1. The Balaban J connectivity index is 2.02. The lowest BCUT2D eigenvalue weighted by Crippen LogP contribution is -2.29. The second kappa shape index (κ2) is 4.45. The van der Waals surface area contributed by atoms with Crippen molar-refractivity contribution < 1.29 is 4.39 Å². The predicted molar refractivity (Wildman–Crippen MR) is 74.3 cm³/mol. The highest BCUT2D eigenvalue weighted by molar-refractivity contribution is 5.64. The van der Waals surface area contributed by atoms with Gasteiger partial charge in [0.2, 0.25) is 5.95 Å². The minimum absolute atomic E-state index is 0.337. The molecule has 0 aliphatic carbocycles. The average Bonchev–Trinajstić information content (AvgIpc) is 2.98. The number of hydrogen-bond acceptors (Lipinski definition) is 6. The number of H-pyrrole nitrogens is 1. The van der Waals surface area contributed by atoms with Gasteiger partial charge in [-0.25, -0.2) is 9.49 Å². The molecule has 1 aliphatic heterocycles. The van der Waals surface area contributed by atoms with Crippen molar-refractivity contribution >= 4 is 11.6 Å². The summed E-state index contributed by atoms with van der Waals surface area (Å²) in [6.45, 7) is 1.78. The highest BCUT2D eigenvalue weighted by atomic mass is 19.1. The third-order valence-electron chi connectivity index (χ3n) is 3.64. The van der Waals surface area contributed by atoms with Crippen LogP contribution in [0.1, 0.15) is 22.9 Å². The molecular formula is C13H10FN7O. The van der Waals surface area contributed by atoms with Gasteiger partial charge in [-0.15, -0.1) is 0 Å². The van der Waals surface area contributed by atoms with Gasteiger partial charge in [-0.2, -0.15) is 9.78 Å². The van der Waals surface area contributed by atoms with Gasteiger partial charge in [-0.05, 0) is 35.0 Å². The molecule has 0 radical (unpaired) electrons. The van der Waals surface area contributed by atoms with Crippen LogP contribution in [-0.4, -0.2) is 30.4 Å². The number of anilines is 2. The zero-order chi connectivity index (χ0) is 15.3. The molecule has 0 spiro atoms. The Morgan fingerprint density at radius 3 is 2.82 bits per heavy atom. The van der Waals surface area contributed by atoms with Gasteiger partial charge in [0.05, 0.1) is 5.69 Å². The zero-order valence-corrected chi connectivity index (χ0v) is 11.4. The Hall–Kier alpha value is -3.10. The number of tetrazole rings is 1. The van der Waals surface area contributed by atoms with Gasteiger partial charge in [-0.1, -0.05) is 17.2 Å². The third-order valence-corrected chi connectivity index (χ3v) is 3.64. The van der Waals surface area contributed by atoms with E-state index in [1.807, 2.05) is 0 Å². The van der Waals surface area contributed by atoms with Gasteiger partial charge in [0.25, 0.3) is 5.56 Å². The number of nitrogens with one attached hydrogen (secondary N) is 2. The first-order valence-electron chi connectivity index (χ1n) is 6.54. The molecule has 2 aromatic heterocycles. The van der Waals surface area contributed by atoms with Crippen molar-refractivity contribution in [2.75, 3.05) is 5.32 Å². The van der Waals surface area contributed by atoms with E-state index in [2.05, 4.69) is 31.0 Å². The molecule has 22 heavy (non-hydrogen) atoms. The molecule has 0 unspecified atom stereocenters. The summed E-state index contributed by atoms with van der Waals surface area (Å²) < 4.78 is 14.7. The minimum atomic E-state index is -0.448. The smallest absolute Gasteiger partial charge is 0.288 e. The van der Waals surface area contributed by atoms with E-state index in [9.17, 15) is 9.18 Å². The predicted octanol–water partition coefficient (Wildman–Crippen LogP) is 0.899. The van der Waals surface area contributed by atoms with E-state index in [-0.39, 0.29) is 11.4 Å². The maximum atomic E-state index is 13.2. The SMILES string of the molecule is Cc1n[nH]c(=O)c2c1[C@H](c1ccc(F)cc1)n1nnnc1N2. The van der Waals surface area contributed by atoms with E-state index in [1.165, 1.54) is 12.1 Å². The van der Waals surface area contributed by atoms with Crippen LogP contribution in [0.25, 0.3) is 0 Å². The molecule has 0 saturated heterocycles. The first kappa shape index (κ1) is 12.6. The van der Waals surface area contributed by atoms with Crippen LogP contribution in [-0.2, 0) is 0 Å². The summed E-state index contributed by atoms with van der Waals surface area (Å²) in [5, 5.41) is 20.8. The fraction of sp³-hybridized carbons (Fsp3) is 0.154. The van der Waals surface area contributed by atoms with Crippen molar-refractivity contribution in [3.05, 3.63) is 57.3 Å². The molecule has 4 rings (SSSR count). The largest absolute Gasteiger partial charge is 0.318 e. The van der Waals surface area contributed by atoms with Crippen molar-refractivity contribution in [3.8, 4) is 0 Å². The lowest BCUT2D eigenvalue weighted by molar-refractivity contribution is 0.560. The molecule has 110 valence electrons. The first-order chi connectivity index (χ1) is 10.6. The van der Waals surface area contributed by atoms with Gasteiger partial charge in [0.1, 0.15) is 17.5 Å². The average molecular weight is 299 g/mol. The van der Waals surface area contributed by atoms with Gasteiger partial charge in [-0.3, -0.25) is 4.79 Å². The quantitative estimate of drug-likeness (QED) is 0.541. The fourth-order valence-electron chi connectivity index (χ4n) is 2.65. The first-order valence-corrected chi connectivity index (χ1v) is 6.54. The minimum Gasteiger partial charge on any atom is -0.318 e. The van der Waals surface area contributed by atoms with Crippen molar-refractivity contribution in [3.63, 3.8) is 0 Å². The van der Waals surface area contributed by atoms with E-state index >= 15 is 0 Å². The lowest BCUT2D eigenvalue weighted by atomic mass is 9.95. The molecule has 1 aliphatic rings. The fourth-order valence-corrected chi connectivity index (χ4v) is 2.65. The van der Waals surface area contributed by atoms with Crippen LogP contribution >= 0.6 is 0 Å². The van der Waals surface area contributed by atoms with Gasteiger partial charge >= 0.3 is 0 Å². The molecule has 0 bridgehead atoms. The van der Waals surface area contributed by atoms with Crippen molar-refractivity contribution in [2.45, 2.75) is 13.0 Å². The van der Waals surface area contributed by atoms with Crippen molar-refractivity contribution in [1.82, 2.24) is 30.4 Å². The maximum Gasteiger partial charge on any atom is 0.288 e. The van der Waals surface area contributed by atoms with Crippen LogP contribution in [0.2, 0.25) is 0 Å². The Bertz CT molecular complexity index is 915. The standard InChI is InChI=1S/C13H10FN7O/c1-6-9-10(12(22)17-16-6)15-13-18-19-20-21(13)11(9)7-2-4-8(14)5-3-7/h2-5,11H,1H3,(H,17,22)(H,15,18,20)/t11-/m0/s1. The second-order valence-corrected chi connectivity index (χ2v) is 4.95. The molecule has 2 N–H and O–H groups in total. The number of benzene rings is 1. The second-order valence-electron chi connectivity index (χ2n) is 4.95. The molecule has 3 aromatic rings. The summed E-state index contributed by atoms with van der Waals surface area (Å²) in [5.74, 6) is 0.00790. The number of nitrogens with zero attached hydrogens (tertiary/aromatic N) is 5. The number of aryl methyl sites for hydroxylation is 1. The highest BCUT2D eigenvalue weighted by Crippen LogP contribution is 2.37. The number of rotatable bonds is 1. The van der Waals surface area contributed by atoms with E-state index in [0.717, 1.165) is 5.56 Å². The molecule has 1 aromatic carbocycles. The Morgan fingerprint density at radius 1 is 1.27 bits per heavy atom. The molecule has 0 amide bonds. The van der Waals surface area contributed by atoms with E-state index in [1.54, 1.807) is 23.7 Å². The zero-order valence-electron chi connectivity index (χ0n) is 11.4. The van der Waals surface area contributed by atoms with Gasteiger partial charge < -0.3 is 5.32 Å². The number of fused-ring (bicyclic) bond motifs is 2. The summed E-state index contributed by atoms with van der Waals surface area (Å²) in [6.07, 6.45) is 0. The van der Waals surface area contributed by atoms with E-state index in [4.69, 9.17) is 0 Å². The topological polar surface area (TPSA) is 101 Å². The Labute approximate surface area is 123 Å². The summed E-state index contributed by atoms with van der Waals surface area (Å²) in [7, 11) is 0. The summed E-state index contributed by atoms with van der Waals surface area (Å²) in [6, 6.07) is 5.55. The highest BCUT2D eigenvalue weighted by Gasteiger charge is 2.32. The molecule has 9 heteroatoms. The van der Waals surface area contributed by atoms with Crippen molar-refractivity contribution in [1.29, 1.82) is 0 Å². The number of aromatic nitrogens is 6. The summed E-state index contributed by atoms with van der Waals surface area (Å²) in [5.41, 5.74) is 2.05. The monoisotopic (exact) mass is 299 g/mol. The Morgan fingerprint density at radius 2 is 2.05 bits per heavy atom. The van der Waals surface area contributed by atoms with Gasteiger partial charge in [0.15, 0.2) is 0 Å². The van der Waals surface area contributed by atoms with E-state index in [0.29, 0.717) is 22.9 Å². The van der Waals surface area contributed by atoms with Crippen LogP contribution in [0.3, 0.4) is 0 Å². The van der Waals surface area contributed by atoms with Crippen molar-refractivity contribution in [2.24, 2.45) is 0 Å². The maximum absolute atomic E-state index is 13.2. The molecule has 0 fully saturated rings. The lowest BCUT2D eigenvalue weighted by Gasteiger charge is -2.26. The number of aromatic amines is 1. The van der Waals surface area contributed by atoms with E-state index < -0.39 is 6.04 Å². The summed E-state index contributed by atoms with van der Waals surface area (Å²) >= 11 is 0. The van der Waals surface area contributed by atoms with Crippen LogP contribution in [0, 0.1) is 12.7 Å². The molecule has 8 nitrogen and oxygen atoms in total. The normalized spacial score (nSPS) is 15.8. The third kappa shape index (κ3) is 1.72. The Kier molecular flexibility index (Phi) is 2.55. The van der Waals surface area contributed by atoms with Crippen LogP contribution in [0.4, 0.5) is 16.0 Å². The van der Waals surface area contributed by atoms with Crippen LogP contribution in [0.15, 0.2) is 29.1 Å². The van der Waals surface area contributed by atoms with Crippen LogP contribution < -0.4 is 10.9 Å². The molecule has 1 atom stereocenters. The molecule has 0 saturated carbocycles. The number of hydrogen-bond donors (Lipinski definition) is 2.